The topological polar surface area (TPSA) is 43.8 Å². The second-order valence-electron chi connectivity index (χ2n) is 4.51. The van der Waals surface area contributed by atoms with Crippen LogP contribution in [0.25, 0.3) is 11.1 Å². The Balaban J connectivity index is 2.54. The van der Waals surface area contributed by atoms with E-state index < -0.39 is 0 Å². The van der Waals surface area contributed by atoms with E-state index in [1.807, 2.05) is 37.7 Å². The highest BCUT2D eigenvalue weighted by atomic mass is 19.1. The summed E-state index contributed by atoms with van der Waals surface area (Å²) in [5.41, 5.74) is 9.00. The molecule has 0 fully saturated rings. The first-order valence-corrected chi connectivity index (χ1v) is 6.12. The zero-order valence-electron chi connectivity index (χ0n) is 10.9. The van der Waals surface area contributed by atoms with Crippen molar-refractivity contribution >= 4 is 0 Å². The summed E-state index contributed by atoms with van der Waals surface area (Å²) >= 11 is 0. The van der Waals surface area contributed by atoms with Crippen LogP contribution >= 0.6 is 0 Å². The van der Waals surface area contributed by atoms with Gasteiger partial charge in [-0.2, -0.15) is 5.10 Å². The molecule has 0 radical (unpaired) electrons. The average molecular weight is 247 g/mol. The summed E-state index contributed by atoms with van der Waals surface area (Å²) in [5, 5.41) is 4.34. The number of nitrogens with zero attached hydrogens (tertiary/aromatic N) is 2. The van der Waals surface area contributed by atoms with Crippen molar-refractivity contribution < 1.29 is 4.39 Å². The maximum Gasteiger partial charge on any atom is 0.131 e. The Kier molecular flexibility index (Phi) is 3.48. The van der Waals surface area contributed by atoms with E-state index in [1.165, 1.54) is 6.07 Å². The van der Waals surface area contributed by atoms with Crippen LogP contribution < -0.4 is 5.73 Å². The maximum absolute atomic E-state index is 13.9. The van der Waals surface area contributed by atoms with E-state index in [2.05, 4.69) is 5.10 Å². The van der Waals surface area contributed by atoms with Crippen molar-refractivity contribution in [2.24, 2.45) is 5.73 Å². The normalized spacial score (nSPS) is 12.7. The zero-order chi connectivity index (χ0) is 13.3. The van der Waals surface area contributed by atoms with E-state index >= 15 is 0 Å². The Hall–Kier alpha value is -1.68. The van der Waals surface area contributed by atoms with Gasteiger partial charge < -0.3 is 5.73 Å². The molecule has 3 nitrogen and oxygen atoms in total. The van der Waals surface area contributed by atoms with Gasteiger partial charge in [-0.05, 0) is 38.5 Å². The van der Waals surface area contributed by atoms with Gasteiger partial charge in [-0.25, -0.2) is 4.39 Å². The Morgan fingerprint density at radius 2 is 2.11 bits per heavy atom. The smallest absolute Gasteiger partial charge is 0.131 e. The van der Waals surface area contributed by atoms with Crippen molar-refractivity contribution in [3.05, 3.63) is 41.5 Å². The molecule has 0 aliphatic heterocycles. The van der Waals surface area contributed by atoms with E-state index in [9.17, 15) is 4.39 Å². The fourth-order valence-electron chi connectivity index (χ4n) is 1.98. The second-order valence-corrected chi connectivity index (χ2v) is 4.51. The molecule has 2 rings (SSSR count). The molecule has 1 aromatic heterocycles. The lowest BCUT2D eigenvalue weighted by atomic mass is 10.0. The minimum atomic E-state index is -0.238. The summed E-state index contributed by atoms with van der Waals surface area (Å²) in [5.74, 6) is -0.238. The first-order chi connectivity index (χ1) is 8.52. The number of rotatable bonds is 3. The van der Waals surface area contributed by atoms with Gasteiger partial charge in [0.1, 0.15) is 5.82 Å². The van der Waals surface area contributed by atoms with Crippen LogP contribution in [0.15, 0.2) is 24.4 Å². The Bertz CT molecular complexity index is 558. The third-order valence-electron chi connectivity index (χ3n) is 3.08. The second kappa shape index (κ2) is 4.90. The number of aromatic nitrogens is 2. The standard InChI is InChI=1S/C14H18FN3/c1-4-18-8-13(10(3)17-18)12-7-11(9(2)16)5-6-14(12)15/h5-9H,4,16H2,1-3H3. The van der Waals surface area contributed by atoms with E-state index in [0.717, 1.165) is 23.4 Å². The molecular formula is C14H18FN3. The highest BCUT2D eigenvalue weighted by Gasteiger charge is 2.13. The molecule has 1 heterocycles. The molecule has 0 saturated carbocycles. The number of nitrogens with two attached hydrogens (primary N) is 1. The van der Waals surface area contributed by atoms with Crippen molar-refractivity contribution in [2.75, 3.05) is 0 Å². The largest absolute Gasteiger partial charge is 0.324 e. The van der Waals surface area contributed by atoms with Gasteiger partial charge >= 0.3 is 0 Å². The molecule has 1 unspecified atom stereocenters. The fourth-order valence-corrected chi connectivity index (χ4v) is 1.98. The van der Waals surface area contributed by atoms with Gasteiger partial charge in [-0.1, -0.05) is 6.07 Å². The summed E-state index contributed by atoms with van der Waals surface area (Å²) in [6.45, 7) is 6.55. The lowest BCUT2D eigenvalue weighted by Gasteiger charge is -2.09. The summed E-state index contributed by atoms with van der Waals surface area (Å²) in [6, 6.07) is 4.90. The van der Waals surface area contributed by atoms with E-state index in [-0.39, 0.29) is 11.9 Å². The van der Waals surface area contributed by atoms with Gasteiger partial charge in [0.05, 0.1) is 5.69 Å². The van der Waals surface area contributed by atoms with Crippen LogP contribution in [0, 0.1) is 12.7 Å². The van der Waals surface area contributed by atoms with Gasteiger partial charge in [0.25, 0.3) is 0 Å². The molecule has 0 aliphatic rings. The SMILES string of the molecule is CCn1cc(-c2cc(C(C)N)ccc2F)c(C)n1. The molecule has 2 N–H and O–H groups in total. The predicted octanol–water partition coefficient (Wildman–Crippen LogP) is 3.04. The summed E-state index contributed by atoms with van der Waals surface area (Å²) in [7, 11) is 0. The monoisotopic (exact) mass is 247 g/mol. The van der Waals surface area contributed by atoms with Gasteiger partial charge in [-0.3, -0.25) is 4.68 Å². The van der Waals surface area contributed by atoms with Crippen molar-refractivity contribution in [2.45, 2.75) is 33.4 Å². The maximum atomic E-state index is 13.9. The van der Waals surface area contributed by atoms with Crippen molar-refractivity contribution in [3.63, 3.8) is 0 Å². The van der Waals surface area contributed by atoms with Crippen molar-refractivity contribution in [1.29, 1.82) is 0 Å². The number of hydrogen-bond acceptors (Lipinski definition) is 2. The van der Waals surface area contributed by atoms with Gasteiger partial charge in [0, 0.05) is 29.9 Å². The lowest BCUT2D eigenvalue weighted by molar-refractivity contribution is 0.629. The molecule has 96 valence electrons. The molecule has 0 aliphatic carbocycles. The van der Waals surface area contributed by atoms with Crippen molar-refractivity contribution in [3.8, 4) is 11.1 Å². The van der Waals surface area contributed by atoms with E-state index in [1.54, 1.807) is 6.07 Å². The van der Waals surface area contributed by atoms with E-state index in [4.69, 9.17) is 5.73 Å². The van der Waals surface area contributed by atoms with Crippen LogP contribution in [0.3, 0.4) is 0 Å². The minimum absolute atomic E-state index is 0.106. The van der Waals surface area contributed by atoms with Crippen LogP contribution in [-0.4, -0.2) is 9.78 Å². The van der Waals surface area contributed by atoms with Gasteiger partial charge in [0.15, 0.2) is 0 Å². The molecule has 0 amide bonds. The lowest BCUT2D eigenvalue weighted by Crippen LogP contribution is -2.05. The minimum Gasteiger partial charge on any atom is -0.324 e. The molecule has 0 bridgehead atoms. The zero-order valence-corrected chi connectivity index (χ0v) is 10.9. The summed E-state index contributed by atoms with van der Waals surface area (Å²) in [6.07, 6.45) is 1.87. The third kappa shape index (κ3) is 2.29. The van der Waals surface area contributed by atoms with Crippen LogP contribution in [-0.2, 0) is 6.54 Å². The first-order valence-electron chi connectivity index (χ1n) is 6.12. The number of aryl methyl sites for hydroxylation is 2. The van der Waals surface area contributed by atoms with E-state index in [0.29, 0.717) is 5.56 Å². The summed E-state index contributed by atoms with van der Waals surface area (Å²) in [4.78, 5) is 0. The van der Waals surface area contributed by atoms with Crippen LogP contribution in [0.1, 0.15) is 31.1 Å². The van der Waals surface area contributed by atoms with Gasteiger partial charge in [-0.15, -0.1) is 0 Å². The highest BCUT2D eigenvalue weighted by Crippen LogP contribution is 2.28. The molecule has 18 heavy (non-hydrogen) atoms. The Morgan fingerprint density at radius 1 is 1.39 bits per heavy atom. The molecule has 1 atom stereocenters. The van der Waals surface area contributed by atoms with Crippen molar-refractivity contribution in [1.82, 2.24) is 9.78 Å². The number of hydrogen-bond donors (Lipinski definition) is 1. The molecule has 2 aromatic rings. The molecule has 1 aromatic carbocycles. The first kappa shape index (κ1) is 12.8. The van der Waals surface area contributed by atoms with Crippen LogP contribution in [0.5, 0.6) is 0 Å². The molecule has 0 spiro atoms. The Morgan fingerprint density at radius 3 is 2.67 bits per heavy atom. The predicted molar refractivity (Wildman–Crippen MR) is 70.6 cm³/mol. The molecule has 4 heteroatoms. The molecule has 0 saturated heterocycles. The summed E-state index contributed by atoms with van der Waals surface area (Å²) < 4.78 is 15.7. The quantitative estimate of drug-likeness (QED) is 0.906. The number of halogens is 1. The van der Waals surface area contributed by atoms with Crippen LogP contribution in [0.2, 0.25) is 0 Å². The van der Waals surface area contributed by atoms with Crippen LogP contribution in [0.4, 0.5) is 4.39 Å². The third-order valence-corrected chi connectivity index (χ3v) is 3.08. The fraction of sp³-hybridized carbons (Fsp3) is 0.357. The highest BCUT2D eigenvalue weighted by molar-refractivity contribution is 5.66. The molecular weight excluding hydrogens is 229 g/mol. The number of benzene rings is 1. The Labute approximate surface area is 106 Å². The van der Waals surface area contributed by atoms with Gasteiger partial charge in [0.2, 0.25) is 0 Å². The average Bonchev–Trinajstić information content (AvgIpc) is 2.71.